The van der Waals surface area contributed by atoms with Crippen LogP contribution in [0.4, 0.5) is 0 Å². The normalized spacial score (nSPS) is 12.0. The minimum atomic E-state index is -1.12. The topological polar surface area (TPSA) is 98.7 Å². The molecule has 0 saturated heterocycles. The molecule has 0 bridgehead atoms. The van der Waals surface area contributed by atoms with Crippen LogP contribution in [0.5, 0.6) is 0 Å². The van der Waals surface area contributed by atoms with Crippen LogP contribution < -0.4 is 10.6 Å². The maximum atomic E-state index is 11.2. The maximum absolute atomic E-state index is 11.2. The van der Waals surface area contributed by atoms with Crippen LogP contribution in [0.15, 0.2) is 0 Å². The van der Waals surface area contributed by atoms with Gasteiger partial charge in [0.1, 0.15) is 6.04 Å². The van der Waals surface area contributed by atoms with Crippen molar-refractivity contribution in [2.45, 2.75) is 19.9 Å². The van der Waals surface area contributed by atoms with Gasteiger partial charge in [0.25, 0.3) is 0 Å². The lowest BCUT2D eigenvalue weighted by atomic mass is 10.2. The van der Waals surface area contributed by atoms with E-state index < -0.39 is 17.9 Å². The van der Waals surface area contributed by atoms with E-state index in [1.807, 2.05) is 0 Å². The number of likely N-dealkylation sites (N-methyl/N-ethyl adjacent to an activating group) is 2. The van der Waals surface area contributed by atoms with Crippen LogP contribution in [0.25, 0.3) is 0 Å². The van der Waals surface area contributed by atoms with Crippen LogP contribution in [-0.2, 0) is 14.4 Å². The van der Waals surface area contributed by atoms with Crippen molar-refractivity contribution < 1.29 is 19.5 Å². The molecule has 17 heavy (non-hydrogen) atoms. The number of carboxylic acids is 1. The van der Waals surface area contributed by atoms with Crippen LogP contribution >= 0.6 is 0 Å². The largest absolute Gasteiger partial charge is 0.480 e. The molecule has 0 aromatic carbocycles. The molecule has 0 saturated carbocycles. The molecule has 1 unspecified atom stereocenters. The molecule has 1 atom stereocenters. The molecular weight excluding hydrogens is 226 g/mol. The molecule has 98 valence electrons. The molecule has 2 amide bonds. The van der Waals surface area contributed by atoms with E-state index >= 15 is 0 Å². The number of aliphatic carboxylic acids is 1. The highest BCUT2D eigenvalue weighted by molar-refractivity contribution is 5.82. The van der Waals surface area contributed by atoms with Crippen molar-refractivity contribution in [3.8, 4) is 0 Å². The van der Waals surface area contributed by atoms with E-state index in [0.717, 1.165) is 0 Å². The summed E-state index contributed by atoms with van der Waals surface area (Å²) in [6.45, 7) is 3.75. The summed E-state index contributed by atoms with van der Waals surface area (Å²) >= 11 is 0. The standard InChI is InChI=1S/C10H19N3O4/c1-4-11-9(15)6-13(3)5-8(10(16)17)12-7(2)14/h8H,4-6H2,1-3H3,(H,11,15)(H,12,14)(H,16,17). The van der Waals surface area contributed by atoms with Gasteiger partial charge in [-0.3, -0.25) is 14.5 Å². The monoisotopic (exact) mass is 245 g/mol. The van der Waals surface area contributed by atoms with Crippen LogP contribution in [0.3, 0.4) is 0 Å². The summed E-state index contributed by atoms with van der Waals surface area (Å²) in [6, 6.07) is -1.01. The number of amides is 2. The lowest BCUT2D eigenvalue weighted by Crippen LogP contribution is -2.48. The first-order valence-corrected chi connectivity index (χ1v) is 5.32. The van der Waals surface area contributed by atoms with E-state index in [1.54, 1.807) is 18.9 Å². The number of carbonyl (C=O) groups excluding carboxylic acids is 2. The zero-order valence-electron chi connectivity index (χ0n) is 10.3. The lowest BCUT2D eigenvalue weighted by Gasteiger charge is -2.21. The van der Waals surface area contributed by atoms with E-state index in [4.69, 9.17) is 5.11 Å². The summed E-state index contributed by atoms with van der Waals surface area (Å²) in [6.07, 6.45) is 0. The van der Waals surface area contributed by atoms with Crippen molar-refractivity contribution in [2.75, 3.05) is 26.7 Å². The van der Waals surface area contributed by atoms with Gasteiger partial charge in [0.2, 0.25) is 11.8 Å². The Morgan fingerprint density at radius 2 is 1.94 bits per heavy atom. The van der Waals surface area contributed by atoms with Gasteiger partial charge in [-0.05, 0) is 14.0 Å². The first-order chi connectivity index (χ1) is 7.86. The molecule has 0 fully saturated rings. The van der Waals surface area contributed by atoms with E-state index in [9.17, 15) is 14.4 Å². The molecule has 0 aliphatic rings. The maximum Gasteiger partial charge on any atom is 0.327 e. The fourth-order valence-corrected chi connectivity index (χ4v) is 1.31. The van der Waals surface area contributed by atoms with Gasteiger partial charge in [-0.2, -0.15) is 0 Å². The molecule has 0 rings (SSSR count). The molecule has 0 aromatic rings. The predicted molar refractivity (Wildman–Crippen MR) is 61.4 cm³/mol. The SMILES string of the molecule is CCNC(=O)CN(C)CC(NC(C)=O)C(=O)O. The Kier molecular flexibility index (Phi) is 6.88. The highest BCUT2D eigenvalue weighted by Gasteiger charge is 2.20. The van der Waals surface area contributed by atoms with Crippen molar-refractivity contribution in [1.82, 2.24) is 15.5 Å². The van der Waals surface area contributed by atoms with Crippen molar-refractivity contribution >= 4 is 17.8 Å². The van der Waals surface area contributed by atoms with Gasteiger partial charge >= 0.3 is 5.97 Å². The zero-order chi connectivity index (χ0) is 13.4. The Balaban J connectivity index is 4.21. The van der Waals surface area contributed by atoms with E-state index in [0.29, 0.717) is 6.54 Å². The number of hydrogen-bond acceptors (Lipinski definition) is 4. The summed E-state index contributed by atoms with van der Waals surface area (Å²) in [5.41, 5.74) is 0. The summed E-state index contributed by atoms with van der Waals surface area (Å²) in [4.78, 5) is 34.4. The second kappa shape index (κ2) is 7.61. The molecular formula is C10H19N3O4. The van der Waals surface area contributed by atoms with Crippen molar-refractivity contribution in [3.63, 3.8) is 0 Å². The summed E-state index contributed by atoms with van der Waals surface area (Å²) < 4.78 is 0. The number of rotatable bonds is 7. The van der Waals surface area contributed by atoms with Gasteiger partial charge in [0.15, 0.2) is 0 Å². The third kappa shape index (κ3) is 7.29. The van der Waals surface area contributed by atoms with Gasteiger partial charge in [-0.15, -0.1) is 0 Å². The van der Waals surface area contributed by atoms with Crippen LogP contribution in [0, 0.1) is 0 Å². The minimum absolute atomic E-state index is 0.0754. The predicted octanol–water partition coefficient (Wildman–Crippen LogP) is -1.36. The van der Waals surface area contributed by atoms with Gasteiger partial charge in [-0.1, -0.05) is 0 Å². The molecule has 7 heteroatoms. The summed E-state index contributed by atoms with van der Waals surface area (Å²) in [5, 5.41) is 13.8. The van der Waals surface area contributed by atoms with Gasteiger partial charge in [-0.25, -0.2) is 4.79 Å². The van der Waals surface area contributed by atoms with E-state index in [1.165, 1.54) is 6.92 Å². The van der Waals surface area contributed by atoms with Crippen molar-refractivity contribution in [1.29, 1.82) is 0 Å². The van der Waals surface area contributed by atoms with Gasteiger partial charge < -0.3 is 15.7 Å². The highest BCUT2D eigenvalue weighted by atomic mass is 16.4. The first kappa shape index (κ1) is 15.4. The third-order valence-corrected chi connectivity index (χ3v) is 1.96. The Labute approximate surface area is 100 Å². The second-order valence-electron chi connectivity index (χ2n) is 3.74. The fraction of sp³-hybridized carbons (Fsp3) is 0.700. The van der Waals surface area contributed by atoms with E-state index in [2.05, 4.69) is 10.6 Å². The van der Waals surface area contributed by atoms with Gasteiger partial charge in [0, 0.05) is 20.0 Å². The molecule has 3 N–H and O–H groups in total. The summed E-state index contributed by atoms with van der Waals surface area (Å²) in [7, 11) is 1.62. The van der Waals surface area contributed by atoms with Crippen molar-refractivity contribution in [2.24, 2.45) is 0 Å². The van der Waals surface area contributed by atoms with Crippen LogP contribution in [0.1, 0.15) is 13.8 Å². The Morgan fingerprint density at radius 3 is 2.35 bits per heavy atom. The number of carboxylic acid groups (broad SMARTS) is 1. The molecule has 0 aliphatic heterocycles. The first-order valence-electron chi connectivity index (χ1n) is 5.32. The minimum Gasteiger partial charge on any atom is -0.480 e. The fourth-order valence-electron chi connectivity index (χ4n) is 1.31. The summed E-state index contributed by atoms with van der Waals surface area (Å²) in [5.74, 6) is -1.71. The molecule has 0 radical (unpaired) electrons. The van der Waals surface area contributed by atoms with Crippen LogP contribution in [0.2, 0.25) is 0 Å². The number of nitrogens with zero attached hydrogens (tertiary/aromatic N) is 1. The zero-order valence-corrected chi connectivity index (χ0v) is 10.3. The number of carbonyl (C=O) groups is 3. The molecule has 0 heterocycles. The molecule has 0 aliphatic carbocycles. The number of nitrogens with one attached hydrogen (secondary N) is 2. The average molecular weight is 245 g/mol. The highest BCUT2D eigenvalue weighted by Crippen LogP contribution is 1.91. The lowest BCUT2D eigenvalue weighted by molar-refractivity contribution is -0.142. The Morgan fingerprint density at radius 1 is 1.35 bits per heavy atom. The van der Waals surface area contributed by atoms with Gasteiger partial charge in [0.05, 0.1) is 6.54 Å². The molecule has 0 spiro atoms. The van der Waals surface area contributed by atoms with Crippen LogP contribution in [-0.4, -0.2) is 60.5 Å². The second-order valence-corrected chi connectivity index (χ2v) is 3.74. The Hall–Kier alpha value is -1.63. The average Bonchev–Trinajstić information content (AvgIpc) is 2.15. The Bertz CT molecular complexity index is 293. The molecule has 0 aromatic heterocycles. The molecule has 7 nitrogen and oxygen atoms in total. The number of hydrogen-bond donors (Lipinski definition) is 3. The quantitative estimate of drug-likeness (QED) is 0.515. The third-order valence-electron chi connectivity index (χ3n) is 1.96. The smallest absolute Gasteiger partial charge is 0.327 e. The van der Waals surface area contributed by atoms with E-state index in [-0.39, 0.29) is 19.0 Å². The van der Waals surface area contributed by atoms with Crippen molar-refractivity contribution in [3.05, 3.63) is 0 Å².